The molecule has 0 aromatic heterocycles. The molecule has 1 N–H and O–H groups in total. The summed E-state index contributed by atoms with van der Waals surface area (Å²) in [5, 5.41) is 2.60. The van der Waals surface area contributed by atoms with Gasteiger partial charge in [0, 0.05) is 13.7 Å². The zero-order valence-corrected chi connectivity index (χ0v) is 7.81. The zero-order chi connectivity index (χ0) is 9.56. The second-order valence-electron chi connectivity index (χ2n) is 2.91. The van der Waals surface area contributed by atoms with Gasteiger partial charge in [-0.05, 0) is 19.4 Å². The molecule has 4 heteroatoms. The van der Waals surface area contributed by atoms with E-state index in [0.29, 0.717) is 13.0 Å². The maximum atomic E-state index is 12.3. The fourth-order valence-electron chi connectivity index (χ4n) is 1.14. The third-order valence-corrected chi connectivity index (χ3v) is 2.00. The van der Waals surface area contributed by atoms with Crippen LogP contribution >= 0.6 is 0 Å². The normalized spacial score (nSPS) is 16.5. The third-order valence-electron chi connectivity index (χ3n) is 2.00. The van der Waals surface area contributed by atoms with Crippen molar-refractivity contribution in [1.82, 2.24) is 5.32 Å². The molecule has 0 aromatic rings. The highest BCUT2D eigenvalue weighted by atomic mass is 19.3. The molecule has 0 aliphatic carbocycles. The fraction of sp³-hybridized carbons (Fsp3) is 1.00. The minimum atomic E-state index is -2.30. The number of halogens is 2. The summed E-state index contributed by atoms with van der Waals surface area (Å²) in [6.07, 6.45) is -1.64. The van der Waals surface area contributed by atoms with Crippen LogP contribution in [0.15, 0.2) is 0 Å². The highest BCUT2D eigenvalue weighted by Crippen LogP contribution is 2.14. The van der Waals surface area contributed by atoms with Crippen molar-refractivity contribution in [1.29, 1.82) is 0 Å². The van der Waals surface area contributed by atoms with E-state index in [0.717, 1.165) is 0 Å². The fourth-order valence-corrected chi connectivity index (χ4v) is 1.14. The molecule has 0 bridgehead atoms. The van der Waals surface area contributed by atoms with Crippen LogP contribution < -0.4 is 5.32 Å². The van der Waals surface area contributed by atoms with Crippen molar-refractivity contribution in [2.24, 2.45) is 5.92 Å². The van der Waals surface area contributed by atoms with Crippen molar-refractivity contribution in [3.8, 4) is 0 Å². The first kappa shape index (κ1) is 11.8. The molecule has 0 aromatic carbocycles. The lowest BCUT2D eigenvalue weighted by Crippen LogP contribution is -2.39. The van der Waals surface area contributed by atoms with Crippen LogP contribution in [0.5, 0.6) is 0 Å². The summed E-state index contributed by atoms with van der Waals surface area (Å²) >= 11 is 0. The van der Waals surface area contributed by atoms with Gasteiger partial charge in [-0.3, -0.25) is 0 Å². The largest absolute Gasteiger partial charge is 0.385 e. The Bertz CT molecular complexity index is 111. The van der Waals surface area contributed by atoms with E-state index >= 15 is 0 Å². The summed E-state index contributed by atoms with van der Waals surface area (Å²) in [6, 6.07) is -0.722. The number of hydrogen-bond donors (Lipinski definition) is 1. The Morgan fingerprint density at radius 1 is 1.42 bits per heavy atom. The zero-order valence-electron chi connectivity index (χ0n) is 7.81. The van der Waals surface area contributed by atoms with Gasteiger partial charge in [-0.15, -0.1) is 0 Å². The second-order valence-corrected chi connectivity index (χ2v) is 2.91. The molecule has 0 amide bonds. The van der Waals surface area contributed by atoms with E-state index in [1.807, 2.05) is 0 Å². The lowest BCUT2D eigenvalue weighted by atomic mass is 9.99. The van der Waals surface area contributed by atoms with Gasteiger partial charge >= 0.3 is 0 Å². The van der Waals surface area contributed by atoms with Crippen LogP contribution in [-0.4, -0.2) is 33.2 Å². The standard InChI is InChI=1S/C8H17F2NO/c1-6(4-5-12-3)7(11-2)8(9)10/h6-8,11H,4-5H2,1-3H3. The monoisotopic (exact) mass is 181 g/mol. The predicted molar refractivity (Wildman–Crippen MR) is 44.5 cm³/mol. The Morgan fingerprint density at radius 2 is 2.00 bits per heavy atom. The smallest absolute Gasteiger partial charge is 0.253 e. The Labute approximate surface area is 72.3 Å². The Hall–Kier alpha value is -0.220. The third kappa shape index (κ3) is 3.97. The summed E-state index contributed by atoms with van der Waals surface area (Å²) < 4.78 is 29.4. The molecule has 0 saturated heterocycles. The van der Waals surface area contributed by atoms with Crippen LogP contribution in [0.4, 0.5) is 8.78 Å². The highest BCUT2D eigenvalue weighted by Gasteiger charge is 2.24. The quantitative estimate of drug-likeness (QED) is 0.670. The summed E-state index contributed by atoms with van der Waals surface area (Å²) in [6.45, 7) is 2.33. The number of ether oxygens (including phenoxy) is 1. The minimum absolute atomic E-state index is 0.0602. The van der Waals surface area contributed by atoms with Crippen LogP contribution in [0.2, 0.25) is 0 Å². The van der Waals surface area contributed by atoms with Gasteiger partial charge < -0.3 is 10.1 Å². The van der Waals surface area contributed by atoms with E-state index in [2.05, 4.69) is 5.32 Å². The van der Waals surface area contributed by atoms with Crippen molar-refractivity contribution in [3.05, 3.63) is 0 Å². The van der Waals surface area contributed by atoms with Gasteiger partial charge in [-0.25, -0.2) is 8.78 Å². The van der Waals surface area contributed by atoms with E-state index in [4.69, 9.17) is 4.74 Å². The molecule has 2 unspecified atom stereocenters. The molecule has 0 rings (SSSR count). The molecule has 0 aliphatic heterocycles. The van der Waals surface area contributed by atoms with Gasteiger partial charge in [0.25, 0.3) is 6.43 Å². The summed E-state index contributed by atoms with van der Waals surface area (Å²) in [5.74, 6) is -0.0602. The van der Waals surface area contributed by atoms with Crippen molar-refractivity contribution in [2.45, 2.75) is 25.8 Å². The Morgan fingerprint density at radius 3 is 2.33 bits per heavy atom. The lowest BCUT2D eigenvalue weighted by Gasteiger charge is -2.22. The molecule has 0 heterocycles. The van der Waals surface area contributed by atoms with Crippen LogP contribution in [0.1, 0.15) is 13.3 Å². The topological polar surface area (TPSA) is 21.3 Å². The minimum Gasteiger partial charge on any atom is -0.385 e. The molecular formula is C8H17F2NO. The van der Waals surface area contributed by atoms with Crippen LogP contribution in [0, 0.1) is 5.92 Å². The van der Waals surface area contributed by atoms with E-state index in [1.165, 1.54) is 0 Å². The van der Waals surface area contributed by atoms with E-state index in [1.54, 1.807) is 21.1 Å². The van der Waals surface area contributed by atoms with Gasteiger partial charge in [-0.2, -0.15) is 0 Å². The second kappa shape index (κ2) is 6.31. The number of hydrogen-bond acceptors (Lipinski definition) is 2. The van der Waals surface area contributed by atoms with Crippen molar-refractivity contribution < 1.29 is 13.5 Å². The van der Waals surface area contributed by atoms with Gasteiger partial charge in [0.2, 0.25) is 0 Å². The molecule has 2 nitrogen and oxygen atoms in total. The lowest BCUT2D eigenvalue weighted by molar-refractivity contribution is 0.0657. The molecule has 0 saturated carbocycles. The molecular weight excluding hydrogens is 164 g/mol. The molecule has 0 radical (unpaired) electrons. The van der Waals surface area contributed by atoms with Crippen molar-refractivity contribution in [3.63, 3.8) is 0 Å². The molecule has 2 atom stereocenters. The molecule has 0 aliphatic rings. The summed E-state index contributed by atoms with van der Waals surface area (Å²) in [5.41, 5.74) is 0. The molecule has 0 spiro atoms. The SMILES string of the molecule is CNC(C(F)F)C(C)CCOC. The first-order valence-electron chi connectivity index (χ1n) is 4.07. The average molecular weight is 181 g/mol. The van der Waals surface area contributed by atoms with Crippen molar-refractivity contribution >= 4 is 0 Å². The van der Waals surface area contributed by atoms with E-state index < -0.39 is 12.5 Å². The predicted octanol–water partition coefficient (Wildman–Crippen LogP) is 1.51. The van der Waals surface area contributed by atoms with Crippen molar-refractivity contribution in [2.75, 3.05) is 20.8 Å². The van der Waals surface area contributed by atoms with Crippen LogP contribution in [-0.2, 0) is 4.74 Å². The average Bonchev–Trinajstić information content (AvgIpc) is 2.01. The maximum absolute atomic E-state index is 12.3. The van der Waals surface area contributed by atoms with Crippen LogP contribution in [0.25, 0.3) is 0 Å². The summed E-state index contributed by atoms with van der Waals surface area (Å²) in [7, 11) is 3.13. The van der Waals surface area contributed by atoms with E-state index in [9.17, 15) is 8.78 Å². The molecule has 12 heavy (non-hydrogen) atoms. The first-order chi connectivity index (χ1) is 5.63. The highest BCUT2D eigenvalue weighted by molar-refractivity contribution is 4.73. The molecule has 74 valence electrons. The van der Waals surface area contributed by atoms with Gasteiger partial charge in [-0.1, -0.05) is 6.92 Å². The van der Waals surface area contributed by atoms with Crippen LogP contribution in [0.3, 0.4) is 0 Å². The van der Waals surface area contributed by atoms with E-state index in [-0.39, 0.29) is 5.92 Å². The molecule has 0 fully saturated rings. The number of alkyl halides is 2. The number of methoxy groups -OCH3 is 1. The Balaban J connectivity index is 3.77. The maximum Gasteiger partial charge on any atom is 0.253 e. The number of nitrogens with one attached hydrogen (secondary N) is 1. The van der Waals surface area contributed by atoms with Gasteiger partial charge in [0.1, 0.15) is 0 Å². The summed E-state index contributed by atoms with van der Waals surface area (Å²) in [4.78, 5) is 0. The first-order valence-corrected chi connectivity index (χ1v) is 4.07. The Kier molecular flexibility index (Phi) is 6.20. The van der Waals surface area contributed by atoms with Gasteiger partial charge in [0.15, 0.2) is 0 Å². The van der Waals surface area contributed by atoms with Gasteiger partial charge in [0.05, 0.1) is 6.04 Å². The number of rotatable bonds is 6.